The molecule has 0 saturated heterocycles. The van der Waals surface area contributed by atoms with E-state index < -0.39 is 0 Å². The van der Waals surface area contributed by atoms with Crippen LogP contribution in [0.3, 0.4) is 0 Å². The number of halogens is 1. The molecule has 0 amide bonds. The summed E-state index contributed by atoms with van der Waals surface area (Å²) in [5, 5.41) is 0.598. The van der Waals surface area contributed by atoms with Crippen molar-refractivity contribution in [3.05, 3.63) is 52.9 Å². The summed E-state index contributed by atoms with van der Waals surface area (Å²) in [4.78, 5) is 16.0. The molecule has 0 unspecified atom stereocenters. The maximum Gasteiger partial charge on any atom is 0.244 e. The zero-order valence-corrected chi connectivity index (χ0v) is 13.4. The Balaban J connectivity index is 1.89. The Bertz CT molecular complexity index is 765. The van der Waals surface area contributed by atoms with Crippen LogP contribution in [0.15, 0.2) is 51.5 Å². The van der Waals surface area contributed by atoms with E-state index in [4.69, 9.17) is 16.0 Å². The highest BCUT2D eigenvalue weighted by atomic mass is 35.5. The molecule has 0 radical (unpaired) electrons. The molecule has 1 aliphatic rings. The predicted octanol–water partition coefficient (Wildman–Crippen LogP) is 4.93. The first-order valence-electron chi connectivity index (χ1n) is 6.08. The van der Waals surface area contributed by atoms with Gasteiger partial charge in [-0.2, -0.15) is 0 Å². The summed E-state index contributed by atoms with van der Waals surface area (Å²) in [5.74, 6) is 1.30. The second-order valence-corrected chi connectivity index (χ2v) is 6.66. The zero-order chi connectivity index (χ0) is 14.8. The number of nitrogens with zero attached hydrogens (tertiary/aromatic N) is 1. The lowest BCUT2D eigenvalue weighted by Gasteiger charge is -1.97. The van der Waals surface area contributed by atoms with Gasteiger partial charge in [-0.05, 0) is 42.3 Å². The SMILES string of the molecule is CSC1=NC(=Cc2ccc(-c3cccc(Cl)c3)o2)C(=O)S1. The van der Waals surface area contributed by atoms with E-state index in [0.717, 1.165) is 21.7 Å². The topological polar surface area (TPSA) is 42.6 Å². The van der Waals surface area contributed by atoms with Gasteiger partial charge in [-0.25, -0.2) is 4.99 Å². The van der Waals surface area contributed by atoms with E-state index >= 15 is 0 Å². The molecule has 0 saturated carbocycles. The van der Waals surface area contributed by atoms with E-state index in [0.29, 0.717) is 22.2 Å². The van der Waals surface area contributed by atoms with Crippen LogP contribution in [0.25, 0.3) is 17.4 Å². The molecular formula is C15H10ClNO2S2. The lowest BCUT2D eigenvalue weighted by atomic mass is 10.2. The molecule has 1 aromatic heterocycles. The number of carbonyl (C=O) groups excluding carboxylic acids is 1. The number of hydrogen-bond donors (Lipinski definition) is 0. The van der Waals surface area contributed by atoms with Crippen LogP contribution >= 0.6 is 35.1 Å². The lowest BCUT2D eigenvalue weighted by molar-refractivity contribution is -0.107. The third-order valence-electron chi connectivity index (χ3n) is 2.79. The molecule has 0 bridgehead atoms. The molecule has 2 aromatic rings. The number of aliphatic imine (C=N–C) groups is 1. The van der Waals surface area contributed by atoms with Crippen LogP contribution in [0.1, 0.15) is 5.76 Å². The van der Waals surface area contributed by atoms with Crippen LogP contribution in [0.4, 0.5) is 0 Å². The summed E-state index contributed by atoms with van der Waals surface area (Å²) in [6.45, 7) is 0. The Morgan fingerprint density at radius 2 is 2.19 bits per heavy atom. The van der Waals surface area contributed by atoms with Crippen molar-refractivity contribution in [1.82, 2.24) is 0 Å². The fourth-order valence-electron chi connectivity index (χ4n) is 1.84. The van der Waals surface area contributed by atoms with Crippen LogP contribution in [0.2, 0.25) is 5.02 Å². The summed E-state index contributed by atoms with van der Waals surface area (Å²) in [7, 11) is 0. The van der Waals surface area contributed by atoms with Crippen molar-refractivity contribution in [1.29, 1.82) is 0 Å². The van der Waals surface area contributed by atoms with Crippen molar-refractivity contribution in [3.8, 4) is 11.3 Å². The van der Waals surface area contributed by atoms with Crippen LogP contribution in [-0.2, 0) is 4.79 Å². The van der Waals surface area contributed by atoms with Crippen molar-refractivity contribution in [3.63, 3.8) is 0 Å². The van der Waals surface area contributed by atoms with Crippen molar-refractivity contribution in [2.24, 2.45) is 4.99 Å². The molecule has 2 heterocycles. The second-order valence-electron chi connectivity index (χ2n) is 4.21. The van der Waals surface area contributed by atoms with Crippen LogP contribution in [0.5, 0.6) is 0 Å². The predicted molar refractivity (Wildman–Crippen MR) is 90.7 cm³/mol. The minimum absolute atomic E-state index is 0.0555. The van der Waals surface area contributed by atoms with Gasteiger partial charge in [-0.3, -0.25) is 4.79 Å². The fourth-order valence-corrected chi connectivity index (χ4v) is 3.29. The highest BCUT2D eigenvalue weighted by Gasteiger charge is 2.21. The van der Waals surface area contributed by atoms with E-state index in [2.05, 4.69) is 4.99 Å². The summed E-state index contributed by atoms with van der Waals surface area (Å²) >= 11 is 8.57. The van der Waals surface area contributed by atoms with Crippen molar-refractivity contribution >= 4 is 50.7 Å². The van der Waals surface area contributed by atoms with E-state index in [-0.39, 0.29) is 5.12 Å². The Morgan fingerprint density at radius 3 is 2.90 bits per heavy atom. The van der Waals surface area contributed by atoms with Gasteiger partial charge in [-0.1, -0.05) is 23.7 Å². The Labute approximate surface area is 135 Å². The number of furan rings is 1. The molecule has 106 valence electrons. The molecule has 0 atom stereocenters. The minimum atomic E-state index is -0.0555. The van der Waals surface area contributed by atoms with Gasteiger partial charge in [0.25, 0.3) is 0 Å². The molecule has 3 nitrogen and oxygen atoms in total. The van der Waals surface area contributed by atoms with Crippen LogP contribution in [-0.4, -0.2) is 15.7 Å². The first kappa shape index (κ1) is 14.5. The quantitative estimate of drug-likeness (QED) is 0.729. The Kier molecular flexibility index (Phi) is 4.24. The number of hydrogen-bond acceptors (Lipinski definition) is 5. The average molecular weight is 336 g/mol. The maximum absolute atomic E-state index is 11.8. The molecular weight excluding hydrogens is 326 g/mol. The maximum atomic E-state index is 11.8. The molecule has 3 rings (SSSR count). The monoisotopic (exact) mass is 335 g/mol. The first-order valence-corrected chi connectivity index (χ1v) is 8.50. The van der Waals surface area contributed by atoms with Crippen molar-refractivity contribution in [2.75, 3.05) is 6.26 Å². The number of benzene rings is 1. The van der Waals surface area contributed by atoms with E-state index in [1.54, 1.807) is 6.08 Å². The van der Waals surface area contributed by atoms with E-state index in [9.17, 15) is 4.79 Å². The summed E-state index contributed by atoms with van der Waals surface area (Å²) in [6.07, 6.45) is 3.55. The Hall–Kier alpha value is -1.43. The van der Waals surface area contributed by atoms with Gasteiger partial charge in [0.15, 0.2) is 0 Å². The average Bonchev–Trinajstić information content (AvgIpc) is 3.07. The smallest absolute Gasteiger partial charge is 0.244 e. The molecule has 0 N–H and O–H groups in total. The largest absolute Gasteiger partial charge is 0.457 e. The summed E-state index contributed by atoms with van der Waals surface area (Å²) in [5.41, 5.74) is 1.31. The van der Waals surface area contributed by atoms with Gasteiger partial charge < -0.3 is 4.42 Å². The van der Waals surface area contributed by atoms with Gasteiger partial charge >= 0.3 is 0 Å². The standard InChI is InChI=1S/C15H10ClNO2S2/c1-20-15-17-12(14(18)21-15)8-11-5-6-13(19-11)9-3-2-4-10(16)7-9/h2-8H,1H3. The Morgan fingerprint density at radius 1 is 1.33 bits per heavy atom. The molecule has 6 heteroatoms. The van der Waals surface area contributed by atoms with Gasteiger partial charge in [0.2, 0.25) is 5.12 Å². The number of thioether (sulfide) groups is 2. The van der Waals surface area contributed by atoms with Crippen LogP contribution < -0.4 is 0 Å². The highest BCUT2D eigenvalue weighted by Crippen LogP contribution is 2.31. The van der Waals surface area contributed by atoms with Gasteiger partial charge in [-0.15, -0.1) is 11.8 Å². The third-order valence-corrected chi connectivity index (χ3v) is 4.88. The molecule has 0 fully saturated rings. The minimum Gasteiger partial charge on any atom is -0.457 e. The highest BCUT2D eigenvalue weighted by molar-refractivity contribution is 8.45. The van der Waals surface area contributed by atoms with Crippen molar-refractivity contribution < 1.29 is 9.21 Å². The fraction of sp³-hybridized carbons (Fsp3) is 0.0667. The molecule has 1 aromatic carbocycles. The third kappa shape index (κ3) is 3.26. The number of rotatable bonds is 2. The van der Waals surface area contributed by atoms with E-state index in [1.165, 1.54) is 11.8 Å². The van der Waals surface area contributed by atoms with Gasteiger partial charge in [0.05, 0.1) is 0 Å². The lowest BCUT2D eigenvalue weighted by Crippen LogP contribution is -1.86. The van der Waals surface area contributed by atoms with Gasteiger partial charge in [0, 0.05) is 16.7 Å². The molecule has 1 aliphatic heterocycles. The normalized spacial score (nSPS) is 16.6. The molecule has 0 spiro atoms. The molecule has 0 aliphatic carbocycles. The van der Waals surface area contributed by atoms with Crippen LogP contribution in [0, 0.1) is 0 Å². The van der Waals surface area contributed by atoms with E-state index in [1.807, 2.05) is 42.7 Å². The van der Waals surface area contributed by atoms with Gasteiger partial charge in [0.1, 0.15) is 21.6 Å². The summed E-state index contributed by atoms with van der Waals surface area (Å²) < 4.78 is 6.49. The second kappa shape index (κ2) is 6.13. The molecule has 21 heavy (non-hydrogen) atoms. The number of carbonyl (C=O) groups is 1. The van der Waals surface area contributed by atoms with Crippen molar-refractivity contribution in [2.45, 2.75) is 0 Å². The summed E-state index contributed by atoms with van der Waals surface area (Å²) in [6, 6.07) is 11.1. The zero-order valence-electron chi connectivity index (χ0n) is 11.0. The first-order chi connectivity index (χ1) is 10.2.